The average Bonchev–Trinajstić information content (AvgIpc) is 2.70. The Hall–Kier alpha value is -1.32. The minimum atomic E-state index is -0.685. The monoisotopic (exact) mass is 194 g/mol. The van der Waals surface area contributed by atoms with Crippen LogP contribution in [0.4, 0.5) is 0 Å². The number of carboxylic acid groups (broad SMARTS) is 1. The van der Waals surface area contributed by atoms with Gasteiger partial charge in [-0.1, -0.05) is 6.42 Å². The van der Waals surface area contributed by atoms with Crippen molar-refractivity contribution in [2.24, 2.45) is 13.0 Å². The predicted octanol–water partition coefficient (Wildman–Crippen LogP) is 1.39. The first-order valence-corrected chi connectivity index (χ1v) is 4.90. The summed E-state index contributed by atoms with van der Waals surface area (Å²) in [6, 6.07) is 0. The molecule has 0 spiro atoms. The van der Waals surface area contributed by atoms with Gasteiger partial charge in [0, 0.05) is 25.4 Å². The molecule has 1 heterocycles. The van der Waals surface area contributed by atoms with Gasteiger partial charge in [0.15, 0.2) is 0 Å². The molecule has 2 atom stereocenters. The third-order valence-corrected chi connectivity index (χ3v) is 3.02. The zero-order valence-electron chi connectivity index (χ0n) is 8.18. The topological polar surface area (TPSA) is 55.1 Å². The Balaban J connectivity index is 2.26. The summed E-state index contributed by atoms with van der Waals surface area (Å²) < 4.78 is 1.92. The molecular weight excluding hydrogens is 180 g/mol. The van der Waals surface area contributed by atoms with Crippen LogP contribution >= 0.6 is 0 Å². The molecule has 0 aromatic carbocycles. The van der Waals surface area contributed by atoms with Crippen LogP contribution in [0.3, 0.4) is 0 Å². The van der Waals surface area contributed by atoms with E-state index in [0.29, 0.717) is 0 Å². The van der Waals surface area contributed by atoms with E-state index in [1.807, 2.05) is 17.8 Å². The number of aliphatic carboxylic acids is 1. The Kier molecular flexibility index (Phi) is 2.27. The van der Waals surface area contributed by atoms with E-state index in [2.05, 4.69) is 4.98 Å². The molecule has 2 rings (SSSR count). The molecule has 4 nitrogen and oxygen atoms in total. The maximum atomic E-state index is 11.0. The number of aryl methyl sites for hydroxylation is 1. The lowest BCUT2D eigenvalue weighted by Gasteiger charge is -2.14. The first kappa shape index (κ1) is 9.24. The van der Waals surface area contributed by atoms with Crippen LogP contribution in [-0.2, 0) is 11.8 Å². The van der Waals surface area contributed by atoms with Gasteiger partial charge in [0.2, 0.25) is 0 Å². The van der Waals surface area contributed by atoms with E-state index in [0.717, 1.165) is 25.1 Å². The molecule has 0 aliphatic heterocycles. The number of carbonyl (C=O) groups is 1. The smallest absolute Gasteiger partial charge is 0.307 e. The molecule has 0 saturated heterocycles. The summed E-state index contributed by atoms with van der Waals surface area (Å²) in [4.78, 5) is 15.2. The highest BCUT2D eigenvalue weighted by Gasteiger charge is 2.35. The number of aromatic nitrogens is 2. The van der Waals surface area contributed by atoms with Gasteiger partial charge in [-0.25, -0.2) is 4.98 Å². The van der Waals surface area contributed by atoms with Crippen LogP contribution in [0.2, 0.25) is 0 Å². The molecule has 1 aliphatic carbocycles. The van der Waals surface area contributed by atoms with E-state index < -0.39 is 5.97 Å². The summed E-state index contributed by atoms with van der Waals surface area (Å²) >= 11 is 0. The normalized spacial score (nSPS) is 26.6. The van der Waals surface area contributed by atoms with E-state index >= 15 is 0 Å². The quantitative estimate of drug-likeness (QED) is 0.774. The lowest BCUT2D eigenvalue weighted by molar-refractivity contribution is -0.142. The Morgan fingerprint density at radius 1 is 1.64 bits per heavy atom. The lowest BCUT2D eigenvalue weighted by Crippen LogP contribution is -2.19. The first-order chi connectivity index (χ1) is 6.70. The second-order valence-electron chi connectivity index (χ2n) is 3.88. The van der Waals surface area contributed by atoms with Crippen LogP contribution in [-0.4, -0.2) is 20.6 Å². The second-order valence-corrected chi connectivity index (χ2v) is 3.88. The maximum absolute atomic E-state index is 11.0. The standard InChI is InChI=1S/C10H14N2O2/c1-12-6-5-11-9(12)7-3-2-4-8(7)10(13)14/h5-8H,2-4H2,1H3,(H,13,14). The van der Waals surface area contributed by atoms with Gasteiger partial charge in [0.05, 0.1) is 5.92 Å². The number of imidazole rings is 1. The van der Waals surface area contributed by atoms with Crippen molar-refractivity contribution < 1.29 is 9.90 Å². The van der Waals surface area contributed by atoms with Crippen LogP contribution < -0.4 is 0 Å². The van der Waals surface area contributed by atoms with Crippen LogP contribution in [0.1, 0.15) is 31.0 Å². The van der Waals surface area contributed by atoms with Gasteiger partial charge < -0.3 is 9.67 Å². The third kappa shape index (κ3) is 1.41. The van der Waals surface area contributed by atoms with Crippen molar-refractivity contribution in [1.29, 1.82) is 0 Å². The Morgan fingerprint density at radius 2 is 2.43 bits per heavy atom. The van der Waals surface area contributed by atoms with Gasteiger partial charge in [-0.05, 0) is 12.8 Å². The van der Waals surface area contributed by atoms with Crippen molar-refractivity contribution in [2.75, 3.05) is 0 Å². The number of hydrogen-bond donors (Lipinski definition) is 1. The molecule has 76 valence electrons. The lowest BCUT2D eigenvalue weighted by atomic mass is 9.95. The van der Waals surface area contributed by atoms with Crippen molar-refractivity contribution >= 4 is 5.97 Å². The number of nitrogens with zero attached hydrogens (tertiary/aromatic N) is 2. The molecule has 1 aromatic rings. The van der Waals surface area contributed by atoms with E-state index in [9.17, 15) is 4.79 Å². The van der Waals surface area contributed by atoms with Crippen molar-refractivity contribution in [3.05, 3.63) is 18.2 Å². The molecule has 1 fully saturated rings. The molecule has 14 heavy (non-hydrogen) atoms. The molecule has 4 heteroatoms. The molecule has 1 aliphatic rings. The highest BCUT2D eigenvalue weighted by atomic mass is 16.4. The van der Waals surface area contributed by atoms with E-state index in [4.69, 9.17) is 5.11 Å². The molecule has 0 bridgehead atoms. The van der Waals surface area contributed by atoms with Crippen molar-refractivity contribution in [3.63, 3.8) is 0 Å². The second kappa shape index (κ2) is 3.44. The molecule has 0 radical (unpaired) electrons. The highest BCUT2D eigenvalue weighted by molar-refractivity contribution is 5.71. The summed E-state index contributed by atoms with van der Waals surface area (Å²) in [5, 5.41) is 9.04. The Morgan fingerprint density at radius 3 is 3.00 bits per heavy atom. The fraction of sp³-hybridized carbons (Fsp3) is 0.600. The van der Waals surface area contributed by atoms with Gasteiger partial charge in [-0.3, -0.25) is 4.79 Å². The number of rotatable bonds is 2. The van der Waals surface area contributed by atoms with Crippen LogP contribution in [0.5, 0.6) is 0 Å². The molecule has 2 unspecified atom stereocenters. The zero-order valence-corrected chi connectivity index (χ0v) is 8.18. The van der Waals surface area contributed by atoms with Crippen molar-refractivity contribution in [2.45, 2.75) is 25.2 Å². The number of carboxylic acids is 1. The summed E-state index contributed by atoms with van der Waals surface area (Å²) in [7, 11) is 1.92. The zero-order chi connectivity index (χ0) is 10.1. The van der Waals surface area contributed by atoms with Crippen molar-refractivity contribution in [1.82, 2.24) is 9.55 Å². The van der Waals surface area contributed by atoms with Gasteiger partial charge in [-0.15, -0.1) is 0 Å². The van der Waals surface area contributed by atoms with Crippen molar-refractivity contribution in [3.8, 4) is 0 Å². The summed E-state index contributed by atoms with van der Waals surface area (Å²) in [5.74, 6) is 0.0917. The van der Waals surface area contributed by atoms with Crippen LogP contribution in [0.15, 0.2) is 12.4 Å². The largest absolute Gasteiger partial charge is 0.481 e. The molecule has 0 amide bonds. The summed E-state index contributed by atoms with van der Waals surface area (Å²) in [6.07, 6.45) is 6.32. The van der Waals surface area contributed by atoms with Crippen LogP contribution in [0.25, 0.3) is 0 Å². The summed E-state index contributed by atoms with van der Waals surface area (Å²) in [5.41, 5.74) is 0. The van der Waals surface area contributed by atoms with E-state index in [1.165, 1.54) is 0 Å². The minimum absolute atomic E-state index is 0.104. The van der Waals surface area contributed by atoms with E-state index in [1.54, 1.807) is 6.20 Å². The summed E-state index contributed by atoms with van der Waals surface area (Å²) in [6.45, 7) is 0. The number of hydrogen-bond acceptors (Lipinski definition) is 2. The third-order valence-electron chi connectivity index (χ3n) is 3.02. The van der Waals surface area contributed by atoms with Gasteiger partial charge in [-0.2, -0.15) is 0 Å². The fourth-order valence-electron chi connectivity index (χ4n) is 2.30. The predicted molar refractivity (Wildman–Crippen MR) is 50.9 cm³/mol. The molecule has 1 saturated carbocycles. The van der Waals surface area contributed by atoms with Gasteiger partial charge >= 0.3 is 5.97 Å². The Bertz CT molecular complexity index is 346. The minimum Gasteiger partial charge on any atom is -0.481 e. The molecule has 1 N–H and O–H groups in total. The van der Waals surface area contributed by atoms with Crippen LogP contribution in [0, 0.1) is 5.92 Å². The highest BCUT2D eigenvalue weighted by Crippen LogP contribution is 2.38. The fourth-order valence-corrected chi connectivity index (χ4v) is 2.30. The first-order valence-electron chi connectivity index (χ1n) is 4.90. The van der Waals surface area contributed by atoms with Gasteiger partial charge in [0.25, 0.3) is 0 Å². The van der Waals surface area contributed by atoms with E-state index in [-0.39, 0.29) is 11.8 Å². The average molecular weight is 194 g/mol. The Labute approximate surface area is 82.6 Å². The maximum Gasteiger partial charge on any atom is 0.307 e. The molecule has 1 aromatic heterocycles. The SMILES string of the molecule is Cn1ccnc1C1CCCC1C(=O)O. The molecular formula is C10H14N2O2. The van der Waals surface area contributed by atoms with Gasteiger partial charge in [0.1, 0.15) is 5.82 Å².